The van der Waals surface area contributed by atoms with Crippen LogP contribution < -0.4 is 5.32 Å². The number of carbonyl (C=O) groups excluding carboxylic acids is 1. The molecule has 5 heteroatoms. The van der Waals surface area contributed by atoms with Crippen molar-refractivity contribution in [3.8, 4) is 0 Å². The molecule has 0 radical (unpaired) electrons. The minimum absolute atomic E-state index is 0.224. The van der Waals surface area contributed by atoms with Crippen LogP contribution in [-0.4, -0.2) is 27.6 Å². The van der Waals surface area contributed by atoms with Crippen LogP contribution in [0.4, 0.5) is 0 Å². The Morgan fingerprint density at radius 3 is 2.57 bits per heavy atom. The lowest BCUT2D eigenvalue weighted by Gasteiger charge is -2.13. The van der Waals surface area contributed by atoms with Gasteiger partial charge in [-0.2, -0.15) is 0 Å². The Balaban J connectivity index is 1.83. The summed E-state index contributed by atoms with van der Waals surface area (Å²) in [4.78, 5) is 19.7. The van der Waals surface area contributed by atoms with Crippen LogP contribution in [0.5, 0.6) is 0 Å². The number of rotatable bonds is 4. The second-order valence-corrected chi connectivity index (χ2v) is 4.71. The Labute approximate surface area is 121 Å². The Kier molecular flexibility index (Phi) is 3.66. The lowest BCUT2D eigenvalue weighted by atomic mass is 10.2. The first-order valence-electron chi connectivity index (χ1n) is 6.69. The zero-order valence-electron chi connectivity index (χ0n) is 11.3. The van der Waals surface area contributed by atoms with E-state index >= 15 is 0 Å². The number of imidazole rings is 1. The number of aliphatic hydroxyl groups is 1. The molecule has 0 aliphatic heterocycles. The number of aliphatic hydroxyl groups excluding tert-OH is 1. The van der Waals surface area contributed by atoms with Crippen molar-refractivity contribution in [2.45, 2.75) is 6.04 Å². The zero-order chi connectivity index (χ0) is 14.7. The van der Waals surface area contributed by atoms with Crippen LogP contribution in [0.3, 0.4) is 0 Å². The van der Waals surface area contributed by atoms with Gasteiger partial charge in [0, 0.05) is 5.56 Å². The highest BCUT2D eigenvalue weighted by Crippen LogP contribution is 2.16. The maximum absolute atomic E-state index is 12.1. The van der Waals surface area contributed by atoms with E-state index in [0.29, 0.717) is 11.4 Å². The van der Waals surface area contributed by atoms with Crippen LogP contribution >= 0.6 is 0 Å². The van der Waals surface area contributed by atoms with Crippen molar-refractivity contribution in [1.29, 1.82) is 0 Å². The number of para-hydroxylation sites is 2. The molecular weight excluding hydrogens is 266 g/mol. The molecule has 0 bridgehead atoms. The molecule has 3 rings (SSSR count). The third-order valence-electron chi connectivity index (χ3n) is 3.26. The van der Waals surface area contributed by atoms with E-state index in [-0.39, 0.29) is 12.5 Å². The zero-order valence-corrected chi connectivity index (χ0v) is 11.3. The van der Waals surface area contributed by atoms with E-state index in [1.807, 2.05) is 30.3 Å². The summed E-state index contributed by atoms with van der Waals surface area (Å²) in [7, 11) is 0. The second-order valence-electron chi connectivity index (χ2n) is 4.71. The van der Waals surface area contributed by atoms with Gasteiger partial charge in [-0.15, -0.1) is 0 Å². The van der Waals surface area contributed by atoms with Crippen molar-refractivity contribution in [3.05, 3.63) is 66.0 Å². The van der Waals surface area contributed by atoms with Gasteiger partial charge in [-0.3, -0.25) is 4.79 Å². The third kappa shape index (κ3) is 2.78. The van der Waals surface area contributed by atoms with Crippen molar-refractivity contribution in [3.63, 3.8) is 0 Å². The van der Waals surface area contributed by atoms with Gasteiger partial charge in [-0.1, -0.05) is 30.3 Å². The summed E-state index contributed by atoms with van der Waals surface area (Å²) in [6.45, 7) is -0.224. The van der Waals surface area contributed by atoms with Crippen molar-refractivity contribution in [2.24, 2.45) is 0 Å². The van der Waals surface area contributed by atoms with E-state index in [1.54, 1.807) is 24.3 Å². The fraction of sp³-hybridized carbons (Fsp3) is 0.125. The molecule has 0 saturated carbocycles. The predicted octanol–water partition coefficient (Wildman–Crippen LogP) is 2.03. The molecular formula is C16H15N3O2. The van der Waals surface area contributed by atoms with E-state index in [2.05, 4.69) is 15.3 Å². The van der Waals surface area contributed by atoms with Gasteiger partial charge in [0.2, 0.25) is 0 Å². The van der Waals surface area contributed by atoms with Gasteiger partial charge in [-0.05, 0) is 24.3 Å². The number of hydrogen-bond acceptors (Lipinski definition) is 3. The quantitative estimate of drug-likeness (QED) is 0.684. The second kappa shape index (κ2) is 5.76. The van der Waals surface area contributed by atoms with Gasteiger partial charge in [0.1, 0.15) is 11.9 Å². The number of nitrogens with one attached hydrogen (secondary N) is 2. The summed E-state index contributed by atoms with van der Waals surface area (Å²) in [6, 6.07) is 15.9. The molecule has 0 aliphatic carbocycles. The first kappa shape index (κ1) is 13.3. The smallest absolute Gasteiger partial charge is 0.251 e. The van der Waals surface area contributed by atoms with Gasteiger partial charge < -0.3 is 15.4 Å². The average molecular weight is 281 g/mol. The van der Waals surface area contributed by atoms with E-state index in [4.69, 9.17) is 0 Å². The number of aromatic amines is 1. The Morgan fingerprint density at radius 1 is 1.14 bits per heavy atom. The molecule has 2 aromatic carbocycles. The number of H-pyrrole nitrogens is 1. The molecule has 1 atom stereocenters. The monoisotopic (exact) mass is 281 g/mol. The summed E-state index contributed by atoms with van der Waals surface area (Å²) in [5.74, 6) is 0.304. The minimum atomic E-state index is -0.565. The molecule has 21 heavy (non-hydrogen) atoms. The van der Waals surface area contributed by atoms with Crippen molar-refractivity contribution in [1.82, 2.24) is 15.3 Å². The van der Waals surface area contributed by atoms with Gasteiger partial charge in [0.25, 0.3) is 5.91 Å². The molecule has 3 N–H and O–H groups in total. The highest BCUT2D eigenvalue weighted by molar-refractivity contribution is 5.94. The van der Waals surface area contributed by atoms with E-state index in [1.165, 1.54) is 0 Å². The van der Waals surface area contributed by atoms with Gasteiger partial charge in [-0.25, -0.2) is 4.98 Å². The van der Waals surface area contributed by atoms with Crippen LogP contribution in [0.25, 0.3) is 11.0 Å². The van der Waals surface area contributed by atoms with Crippen molar-refractivity contribution in [2.75, 3.05) is 6.61 Å². The predicted molar refractivity (Wildman–Crippen MR) is 79.8 cm³/mol. The highest BCUT2D eigenvalue weighted by Gasteiger charge is 2.18. The fourth-order valence-electron chi connectivity index (χ4n) is 2.17. The molecule has 3 aromatic rings. The maximum Gasteiger partial charge on any atom is 0.251 e. The van der Waals surface area contributed by atoms with Crippen LogP contribution in [-0.2, 0) is 0 Å². The third-order valence-corrected chi connectivity index (χ3v) is 3.26. The van der Waals surface area contributed by atoms with E-state index in [0.717, 1.165) is 11.0 Å². The molecule has 1 unspecified atom stereocenters. The molecule has 0 aliphatic rings. The molecule has 0 spiro atoms. The molecule has 5 nitrogen and oxygen atoms in total. The fourth-order valence-corrected chi connectivity index (χ4v) is 2.17. The van der Waals surface area contributed by atoms with Crippen LogP contribution in [0, 0.1) is 0 Å². The van der Waals surface area contributed by atoms with Gasteiger partial charge in [0.05, 0.1) is 17.6 Å². The maximum atomic E-state index is 12.1. The highest BCUT2D eigenvalue weighted by atomic mass is 16.3. The summed E-state index contributed by atoms with van der Waals surface area (Å²) < 4.78 is 0. The molecule has 1 aromatic heterocycles. The molecule has 1 amide bonds. The normalized spacial score (nSPS) is 12.2. The Morgan fingerprint density at radius 2 is 1.86 bits per heavy atom. The number of amides is 1. The molecule has 0 fully saturated rings. The first-order chi connectivity index (χ1) is 10.3. The van der Waals surface area contributed by atoms with E-state index in [9.17, 15) is 9.90 Å². The van der Waals surface area contributed by atoms with Gasteiger partial charge >= 0.3 is 0 Å². The van der Waals surface area contributed by atoms with Crippen LogP contribution in [0.15, 0.2) is 54.6 Å². The largest absolute Gasteiger partial charge is 0.394 e. The average Bonchev–Trinajstić information content (AvgIpc) is 2.97. The Bertz CT molecular complexity index is 719. The summed E-state index contributed by atoms with van der Waals surface area (Å²) in [5, 5.41) is 12.3. The molecule has 106 valence electrons. The summed E-state index contributed by atoms with van der Waals surface area (Å²) in [6.07, 6.45) is 0. The van der Waals surface area contributed by atoms with E-state index < -0.39 is 6.04 Å². The van der Waals surface area contributed by atoms with Crippen LogP contribution in [0.1, 0.15) is 22.2 Å². The Hall–Kier alpha value is -2.66. The lowest BCUT2D eigenvalue weighted by molar-refractivity contribution is 0.0913. The van der Waals surface area contributed by atoms with Crippen LogP contribution in [0.2, 0.25) is 0 Å². The number of nitrogens with zero attached hydrogens (tertiary/aromatic N) is 1. The summed E-state index contributed by atoms with van der Waals surface area (Å²) in [5.41, 5.74) is 2.23. The van der Waals surface area contributed by atoms with Crippen molar-refractivity contribution < 1.29 is 9.90 Å². The number of benzene rings is 2. The molecule has 1 heterocycles. The topological polar surface area (TPSA) is 78.0 Å². The van der Waals surface area contributed by atoms with Gasteiger partial charge in [0.15, 0.2) is 0 Å². The SMILES string of the molecule is O=C(NC(CO)c1nc2ccccc2[nH]1)c1ccccc1. The van der Waals surface area contributed by atoms with Crippen molar-refractivity contribution >= 4 is 16.9 Å². The lowest BCUT2D eigenvalue weighted by Crippen LogP contribution is -2.31. The number of carbonyl (C=O) groups is 1. The minimum Gasteiger partial charge on any atom is -0.394 e. The standard InChI is InChI=1S/C16H15N3O2/c20-10-14(19-16(21)11-6-2-1-3-7-11)15-17-12-8-4-5-9-13(12)18-15/h1-9,14,20H,10H2,(H,17,18)(H,19,21). The summed E-state index contributed by atoms with van der Waals surface area (Å²) >= 11 is 0. The molecule has 0 saturated heterocycles. The number of fused-ring (bicyclic) bond motifs is 1. The number of hydrogen-bond donors (Lipinski definition) is 3. The first-order valence-corrected chi connectivity index (χ1v) is 6.69. The number of aromatic nitrogens is 2.